The van der Waals surface area contributed by atoms with Crippen LogP contribution < -0.4 is 4.74 Å². The first-order chi connectivity index (χ1) is 9.73. The Morgan fingerprint density at radius 1 is 1.19 bits per heavy atom. The van der Waals surface area contributed by atoms with Gasteiger partial charge in [0, 0.05) is 10.9 Å². The van der Waals surface area contributed by atoms with Gasteiger partial charge in [-0.1, -0.05) is 15.9 Å². The summed E-state index contributed by atoms with van der Waals surface area (Å²) in [5.74, 6) is -1.01. The van der Waals surface area contributed by atoms with Crippen molar-refractivity contribution < 1.29 is 31.1 Å². The van der Waals surface area contributed by atoms with Crippen LogP contribution in [-0.2, 0) is 29.7 Å². The first-order valence-corrected chi connectivity index (χ1v) is 10.1. The first-order valence-electron chi connectivity index (χ1n) is 5.66. The van der Waals surface area contributed by atoms with E-state index in [1.807, 2.05) is 0 Å². The van der Waals surface area contributed by atoms with Crippen LogP contribution in [0, 0.1) is 0 Å². The number of sulfone groups is 2. The van der Waals surface area contributed by atoms with Crippen LogP contribution in [-0.4, -0.2) is 41.6 Å². The maximum Gasteiger partial charge on any atom is 0.513 e. The normalized spacial score (nSPS) is 18.6. The molecule has 0 aliphatic carbocycles. The lowest BCUT2D eigenvalue weighted by atomic mass is 10.2. The van der Waals surface area contributed by atoms with Crippen LogP contribution >= 0.6 is 15.9 Å². The molecule has 2 rings (SSSR count). The minimum Gasteiger partial charge on any atom is -0.437 e. The second-order valence-electron chi connectivity index (χ2n) is 4.20. The van der Waals surface area contributed by atoms with Crippen LogP contribution in [0.15, 0.2) is 21.9 Å². The van der Waals surface area contributed by atoms with Crippen LogP contribution in [0.1, 0.15) is 5.56 Å². The van der Waals surface area contributed by atoms with E-state index in [1.54, 1.807) is 0 Å². The van der Waals surface area contributed by atoms with Crippen LogP contribution in [0.25, 0.3) is 0 Å². The third-order valence-electron chi connectivity index (χ3n) is 2.94. The molecular weight excluding hydrogens is 388 g/mol. The molecule has 0 unspecified atom stereocenters. The molecule has 0 atom stereocenters. The van der Waals surface area contributed by atoms with E-state index in [1.165, 1.54) is 6.07 Å². The lowest BCUT2D eigenvalue weighted by Crippen LogP contribution is -2.27. The highest BCUT2D eigenvalue weighted by Gasteiger charge is 2.37. The van der Waals surface area contributed by atoms with E-state index in [-0.39, 0.29) is 26.4 Å². The van der Waals surface area contributed by atoms with Crippen LogP contribution in [0.4, 0.5) is 4.79 Å². The number of halogens is 1. The summed E-state index contributed by atoms with van der Waals surface area (Å²) < 4.78 is 57.6. The zero-order chi connectivity index (χ0) is 15.8. The zero-order valence-electron chi connectivity index (χ0n) is 10.8. The SMILES string of the molecule is COC(=O)Oc1ccc2c(c1CBr)S(=O)(=O)CCS2(=O)=O. The van der Waals surface area contributed by atoms with E-state index in [0.29, 0.717) is 0 Å². The van der Waals surface area contributed by atoms with Crippen molar-refractivity contribution in [3.63, 3.8) is 0 Å². The number of hydrogen-bond acceptors (Lipinski definition) is 7. The summed E-state index contributed by atoms with van der Waals surface area (Å²) in [6.45, 7) is 0. The fourth-order valence-electron chi connectivity index (χ4n) is 1.96. The monoisotopic (exact) mass is 398 g/mol. The quantitative estimate of drug-likeness (QED) is 0.419. The Labute approximate surface area is 130 Å². The maximum absolute atomic E-state index is 12.2. The largest absolute Gasteiger partial charge is 0.513 e. The molecule has 0 bridgehead atoms. The summed E-state index contributed by atoms with van der Waals surface area (Å²) in [4.78, 5) is 10.6. The summed E-state index contributed by atoms with van der Waals surface area (Å²) in [5, 5.41) is 0.0112. The van der Waals surface area contributed by atoms with Gasteiger partial charge < -0.3 is 9.47 Å². The highest BCUT2D eigenvalue weighted by Crippen LogP contribution is 2.37. The van der Waals surface area contributed by atoms with Crippen molar-refractivity contribution in [2.45, 2.75) is 15.1 Å². The minimum absolute atomic E-state index is 0.0112. The van der Waals surface area contributed by atoms with E-state index >= 15 is 0 Å². The van der Waals surface area contributed by atoms with Gasteiger partial charge in [0.15, 0.2) is 19.7 Å². The van der Waals surface area contributed by atoms with Gasteiger partial charge in [0.2, 0.25) is 0 Å². The predicted molar refractivity (Wildman–Crippen MR) is 76.2 cm³/mol. The molecule has 116 valence electrons. The maximum atomic E-state index is 12.2. The second-order valence-corrected chi connectivity index (χ2v) is 8.88. The fraction of sp³-hybridized carbons (Fsp3) is 0.364. The van der Waals surface area contributed by atoms with Crippen molar-refractivity contribution >= 4 is 41.8 Å². The van der Waals surface area contributed by atoms with Gasteiger partial charge in [-0.3, -0.25) is 0 Å². The number of ether oxygens (including phenoxy) is 2. The lowest BCUT2D eigenvalue weighted by molar-refractivity contribution is 0.121. The summed E-state index contributed by atoms with van der Waals surface area (Å²) in [7, 11) is -6.32. The Balaban J connectivity index is 2.76. The molecule has 0 amide bonds. The van der Waals surface area contributed by atoms with Crippen molar-refractivity contribution in [1.82, 2.24) is 0 Å². The van der Waals surface area contributed by atoms with E-state index in [4.69, 9.17) is 4.74 Å². The van der Waals surface area contributed by atoms with Crippen LogP contribution in [0.2, 0.25) is 0 Å². The molecule has 0 radical (unpaired) electrons. The average Bonchev–Trinajstić information content (AvgIpc) is 2.43. The number of carbonyl (C=O) groups excluding carboxylic acids is 1. The summed E-state index contributed by atoms with van der Waals surface area (Å²) in [5.41, 5.74) is 0.0844. The van der Waals surface area contributed by atoms with Gasteiger partial charge in [-0.15, -0.1) is 0 Å². The van der Waals surface area contributed by atoms with E-state index in [2.05, 4.69) is 20.7 Å². The molecule has 0 N–H and O–H groups in total. The zero-order valence-corrected chi connectivity index (χ0v) is 14.0. The molecule has 1 aromatic rings. The Bertz CT molecular complexity index is 796. The highest BCUT2D eigenvalue weighted by atomic mass is 79.9. The average molecular weight is 399 g/mol. The van der Waals surface area contributed by atoms with Crippen molar-refractivity contribution in [3.8, 4) is 5.75 Å². The van der Waals surface area contributed by atoms with E-state index in [9.17, 15) is 21.6 Å². The number of benzene rings is 1. The van der Waals surface area contributed by atoms with E-state index < -0.39 is 37.3 Å². The van der Waals surface area contributed by atoms with E-state index in [0.717, 1.165) is 13.2 Å². The van der Waals surface area contributed by atoms with Crippen LogP contribution in [0.5, 0.6) is 5.75 Å². The highest BCUT2D eigenvalue weighted by molar-refractivity contribution is 9.08. The van der Waals surface area contributed by atoms with Crippen LogP contribution in [0.3, 0.4) is 0 Å². The van der Waals surface area contributed by atoms with Gasteiger partial charge in [0.1, 0.15) is 5.75 Å². The molecule has 1 aromatic carbocycles. The molecule has 0 spiro atoms. The molecule has 10 heteroatoms. The van der Waals surface area contributed by atoms with Gasteiger partial charge in [0.25, 0.3) is 0 Å². The summed E-state index contributed by atoms with van der Waals surface area (Å²) in [6.07, 6.45) is -1.02. The molecule has 0 fully saturated rings. The van der Waals surface area contributed by atoms with Crippen molar-refractivity contribution in [3.05, 3.63) is 17.7 Å². The summed E-state index contributed by atoms with van der Waals surface area (Å²) >= 11 is 3.10. The van der Waals surface area contributed by atoms with Crippen molar-refractivity contribution in [2.24, 2.45) is 0 Å². The first kappa shape index (κ1) is 16.2. The number of alkyl halides is 1. The Hall–Kier alpha value is -1.13. The third-order valence-corrected chi connectivity index (χ3v) is 7.47. The van der Waals surface area contributed by atoms with Crippen molar-refractivity contribution in [1.29, 1.82) is 0 Å². The van der Waals surface area contributed by atoms with Gasteiger partial charge in [-0.2, -0.15) is 0 Å². The third kappa shape index (κ3) is 2.92. The van der Waals surface area contributed by atoms with Gasteiger partial charge in [-0.05, 0) is 12.1 Å². The van der Waals surface area contributed by atoms with Gasteiger partial charge in [0.05, 0.1) is 28.4 Å². The number of rotatable bonds is 2. The lowest BCUT2D eigenvalue weighted by Gasteiger charge is -2.20. The molecule has 1 aliphatic rings. The Morgan fingerprint density at radius 2 is 1.81 bits per heavy atom. The van der Waals surface area contributed by atoms with Gasteiger partial charge >= 0.3 is 6.16 Å². The molecule has 0 saturated carbocycles. The number of hydrogen-bond donors (Lipinski definition) is 0. The predicted octanol–water partition coefficient (Wildman–Crippen LogP) is 1.29. The number of methoxy groups -OCH3 is 1. The number of carbonyl (C=O) groups is 1. The molecular formula is C11H11BrO7S2. The summed E-state index contributed by atoms with van der Waals surface area (Å²) in [6, 6.07) is 2.37. The topological polar surface area (TPSA) is 104 Å². The molecule has 7 nitrogen and oxygen atoms in total. The molecule has 0 aromatic heterocycles. The molecule has 21 heavy (non-hydrogen) atoms. The Morgan fingerprint density at radius 3 is 2.38 bits per heavy atom. The van der Waals surface area contributed by atoms with Crippen molar-refractivity contribution in [2.75, 3.05) is 18.6 Å². The van der Waals surface area contributed by atoms with Gasteiger partial charge in [-0.25, -0.2) is 21.6 Å². The minimum atomic E-state index is -3.76. The molecule has 1 heterocycles. The second kappa shape index (κ2) is 5.58. The molecule has 1 aliphatic heterocycles. The molecule has 0 saturated heterocycles. The fourth-order valence-corrected chi connectivity index (χ4v) is 7.25. The standard InChI is InChI=1S/C11H11BrO7S2/c1-18-11(13)19-8-2-3-9-10(7(8)6-12)21(16,17)5-4-20(9,14)15/h2-3H,4-6H2,1H3. The Kier molecular flexibility index (Phi) is 4.31. The number of fused-ring (bicyclic) bond motifs is 1. The smallest absolute Gasteiger partial charge is 0.437 e.